The van der Waals surface area contributed by atoms with Gasteiger partial charge in [0.15, 0.2) is 5.82 Å². The van der Waals surface area contributed by atoms with E-state index in [-0.39, 0.29) is 5.91 Å². The first kappa shape index (κ1) is 19.5. The maximum absolute atomic E-state index is 13.0. The number of nitrogens with one attached hydrogen (secondary N) is 1. The summed E-state index contributed by atoms with van der Waals surface area (Å²) in [5.74, 6) is 0.587. The molecule has 6 heteroatoms. The van der Waals surface area contributed by atoms with Crippen molar-refractivity contribution >= 4 is 11.6 Å². The van der Waals surface area contributed by atoms with Crippen LogP contribution in [-0.4, -0.2) is 39.9 Å². The lowest BCUT2D eigenvalue weighted by Gasteiger charge is -2.23. The van der Waals surface area contributed by atoms with Gasteiger partial charge in [0.25, 0.3) is 5.91 Å². The lowest BCUT2D eigenvalue weighted by molar-refractivity contribution is 0.0954. The van der Waals surface area contributed by atoms with E-state index in [1.807, 2.05) is 77.6 Å². The summed E-state index contributed by atoms with van der Waals surface area (Å²) in [7, 11) is 0. The molecule has 0 fully saturated rings. The Morgan fingerprint density at radius 3 is 2.30 bits per heavy atom. The summed E-state index contributed by atoms with van der Waals surface area (Å²) < 4.78 is 3.70. The molecule has 2 heterocycles. The molecule has 4 rings (SSSR count). The third-order valence-corrected chi connectivity index (χ3v) is 5.01. The van der Waals surface area contributed by atoms with Crippen LogP contribution in [0.5, 0.6) is 0 Å². The van der Waals surface area contributed by atoms with Gasteiger partial charge >= 0.3 is 0 Å². The van der Waals surface area contributed by atoms with E-state index in [2.05, 4.69) is 34.4 Å². The van der Waals surface area contributed by atoms with Crippen molar-refractivity contribution in [3.63, 3.8) is 0 Å². The minimum Gasteiger partial charge on any atom is -0.370 e. The van der Waals surface area contributed by atoms with Gasteiger partial charge in [-0.2, -0.15) is 5.10 Å². The van der Waals surface area contributed by atoms with Crippen LogP contribution in [-0.2, 0) is 0 Å². The summed E-state index contributed by atoms with van der Waals surface area (Å²) >= 11 is 0. The fraction of sp³-hybridized carbons (Fsp3) is 0.167. The number of likely N-dealkylation sites (N-methyl/N-ethyl adjacent to an activating group) is 1. The predicted octanol–water partition coefficient (Wildman–Crippen LogP) is 3.92. The number of amides is 1. The molecule has 6 nitrogen and oxygen atoms in total. The molecular weight excluding hydrogens is 374 g/mol. The number of hydrogen-bond acceptors (Lipinski definition) is 3. The maximum Gasteiger partial charge on any atom is 0.256 e. The summed E-state index contributed by atoms with van der Waals surface area (Å²) in [6, 6.07) is 23.9. The van der Waals surface area contributed by atoms with Gasteiger partial charge in [0.2, 0.25) is 0 Å². The largest absolute Gasteiger partial charge is 0.370 e. The van der Waals surface area contributed by atoms with Gasteiger partial charge in [-0.3, -0.25) is 4.79 Å². The molecule has 1 N–H and O–H groups in total. The first-order chi connectivity index (χ1) is 14.8. The third kappa shape index (κ3) is 4.12. The Morgan fingerprint density at radius 1 is 0.967 bits per heavy atom. The van der Waals surface area contributed by atoms with E-state index >= 15 is 0 Å². The molecule has 0 aliphatic rings. The lowest BCUT2D eigenvalue weighted by Crippen LogP contribution is -2.35. The summed E-state index contributed by atoms with van der Waals surface area (Å²) in [5.41, 5.74) is 2.60. The van der Waals surface area contributed by atoms with E-state index in [0.29, 0.717) is 12.1 Å². The highest BCUT2D eigenvalue weighted by molar-refractivity contribution is 5.97. The van der Waals surface area contributed by atoms with E-state index in [4.69, 9.17) is 0 Å². The van der Waals surface area contributed by atoms with Crippen molar-refractivity contribution in [2.45, 2.75) is 6.92 Å². The number of carbonyl (C=O) groups is 1. The van der Waals surface area contributed by atoms with Crippen LogP contribution >= 0.6 is 0 Å². The minimum atomic E-state index is -0.134. The molecule has 0 atom stereocenters. The van der Waals surface area contributed by atoms with Gasteiger partial charge in [0.1, 0.15) is 5.56 Å². The molecule has 30 heavy (non-hydrogen) atoms. The topological polar surface area (TPSA) is 55.1 Å². The van der Waals surface area contributed by atoms with E-state index in [0.717, 1.165) is 30.3 Å². The molecule has 0 spiro atoms. The second-order valence-electron chi connectivity index (χ2n) is 6.89. The second-order valence-corrected chi connectivity index (χ2v) is 6.89. The zero-order valence-electron chi connectivity index (χ0n) is 17.0. The van der Waals surface area contributed by atoms with Crippen molar-refractivity contribution < 1.29 is 4.79 Å². The highest BCUT2D eigenvalue weighted by Gasteiger charge is 2.19. The van der Waals surface area contributed by atoms with Crippen LogP contribution < -0.4 is 10.2 Å². The fourth-order valence-electron chi connectivity index (χ4n) is 3.49. The molecule has 0 unspecified atom stereocenters. The molecule has 152 valence electrons. The third-order valence-electron chi connectivity index (χ3n) is 5.01. The van der Waals surface area contributed by atoms with Crippen molar-refractivity contribution in [1.29, 1.82) is 0 Å². The molecule has 1 amide bonds. The molecule has 0 radical (unpaired) electrons. The summed E-state index contributed by atoms with van der Waals surface area (Å²) in [4.78, 5) is 15.3. The SMILES string of the molecule is CCN(CCNC(=O)c1cnn(-c2ccccc2)c1-n1cccc1)c1ccccc1. The summed E-state index contributed by atoms with van der Waals surface area (Å²) in [5, 5.41) is 7.55. The summed E-state index contributed by atoms with van der Waals surface area (Å²) in [6.45, 7) is 4.27. The zero-order chi connectivity index (χ0) is 20.8. The van der Waals surface area contributed by atoms with Crippen molar-refractivity contribution in [2.24, 2.45) is 0 Å². The number of rotatable bonds is 8. The number of hydrogen-bond donors (Lipinski definition) is 1. The predicted molar refractivity (Wildman–Crippen MR) is 120 cm³/mol. The highest BCUT2D eigenvalue weighted by Crippen LogP contribution is 2.20. The molecule has 0 saturated heterocycles. The lowest BCUT2D eigenvalue weighted by atomic mass is 10.2. The molecule has 0 saturated carbocycles. The number of carbonyl (C=O) groups excluding carboxylic acids is 1. The van der Waals surface area contributed by atoms with Crippen LogP contribution in [0.4, 0.5) is 5.69 Å². The Balaban J connectivity index is 1.52. The first-order valence-corrected chi connectivity index (χ1v) is 10.1. The Bertz CT molecular complexity index is 1070. The van der Waals surface area contributed by atoms with E-state index in [9.17, 15) is 4.79 Å². The van der Waals surface area contributed by atoms with Crippen molar-refractivity contribution in [3.05, 3.63) is 97.0 Å². The van der Waals surface area contributed by atoms with Crippen molar-refractivity contribution in [1.82, 2.24) is 19.7 Å². The minimum absolute atomic E-state index is 0.134. The monoisotopic (exact) mass is 399 g/mol. The number of benzene rings is 2. The van der Waals surface area contributed by atoms with Crippen molar-refractivity contribution in [3.8, 4) is 11.5 Å². The molecule has 0 aliphatic heterocycles. The van der Waals surface area contributed by atoms with Crippen LogP contribution in [0.25, 0.3) is 11.5 Å². The molecule has 4 aromatic rings. The van der Waals surface area contributed by atoms with Crippen LogP contribution in [0.1, 0.15) is 17.3 Å². The molecule has 2 aromatic heterocycles. The van der Waals surface area contributed by atoms with Gasteiger partial charge in [-0.1, -0.05) is 36.4 Å². The first-order valence-electron chi connectivity index (χ1n) is 10.1. The van der Waals surface area contributed by atoms with Gasteiger partial charge in [-0.15, -0.1) is 0 Å². The average molecular weight is 399 g/mol. The second kappa shape index (κ2) is 9.13. The number of anilines is 1. The smallest absolute Gasteiger partial charge is 0.256 e. The number of para-hydroxylation sites is 2. The normalized spacial score (nSPS) is 10.7. The van der Waals surface area contributed by atoms with E-state index in [1.54, 1.807) is 10.9 Å². The van der Waals surface area contributed by atoms with Gasteiger partial charge < -0.3 is 14.8 Å². The Hall–Kier alpha value is -3.80. The van der Waals surface area contributed by atoms with E-state index < -0.39 is 0 Å². The average Bonchev–Trinajstić information content (AvgIpc) is 3.47. The van der Waals surface area contributed by atoms with Gasteiger partial charge in [0.05, 0.1) is 11.9 Å². The Kier molecular flexibility index (Phi) is 5.94. The van der Waals surface area contributed by atoms with Crippen LogP contribution in [0.2, 0.25) is 0 Å². The van der Waals surface area contributed by atoms with Crippen molar-refractivity contribution in [2.75, 3.05) is 24.5 Å². The Labute approximate surface area is 176 Å². The number of nitrogens with zero attached hydrogens (tertiary/aromatic N) is 4. The zero-order valence-corrected chi connectivity index (χ0v) is 17.0. The quantitative estimate of drug-likeness (QED) is 0.489. The van der Waals surface area contributed by atoms with Crippen LogP contribution in [0.3, 0.4) is 0 Å². The van der Waals surface area contributed by atoms with E-state index in [1.165, 1.54) is 0 Å². The maximum atomic E-state index is 13.0. The Morgan fingerprint density at radius 2 is 1.63 bits per heavy atom. The van der Waals surface area contributed by atoms with Gasteiger partial charge in [-0.05, 0) is 43.3 Å². The summed E-state index contributed by atoms with van der Waals surface area (Å²) in [6.07, 6.45) is 5.47. The fourth-order valence-corrected chi connectivity index (χ4v) is 3.49. The van der Waals surface area contributed by atoms with Gasteiger partial charge in [-0.25, -0.2) is 4.68 Å². The molecule has 0 aliphatic carbocycles. The number of aromatic nitrogens is 3. The van der Waals surface area contributed by atoms with Gasteiger partial charge in [0, 0.05) is 37.7 Å². The standard InChI is InChI=1S/C24H25N5O/c1-2-27(20-11-5-3-6-12-20)18-15-25-23(30)22-19-26-29(21-13-7-4-8-14-21)24(22)28-16-9-10-17-28/h3-14,16-17,19H,2,15,18H2,1H3,(H,25,30). The highest BCUT2D eigenvalue weighted by atomic mass is 16.1. The molecule has 0 bridgehead atoms. The molecular formula is C24H25N5O. The van der Waals surface area contributed by atoms with Crippen LogP contribution in [0, 0.1) is 0 Å². The van der Waals surface area contributed by atoms with Crippen LogP contribution in [0.15, 0.2) is 91.4 Å². The molecule has 2 aromatic carbocycles.